The van der Waals surface area contributed by atoms with Crippen LogP contribution in [0.25, 0.3) is 5.69 Å². The van der Waals surface area contributed by atoms with Gasteiger partial charge < -0.3 is 19.4 Å². The summed E-state index contributed by atoms with van der Waals surface area (Å²) in [6, 6.07) is 9.80. The van der Waals surface area contributed by atoms with E-state index in [0.717, 1.165) is 31.0 Å². The first kappa shape index (κ1) is 20.3. The minimum Gasteiger partial charge on any atom is -0.497 e. The van der Waals surface area contributed by atoms with Crippen LogP contribution in [0.3, 0.4) is 0 Å². The maximum Gasteiger partial charge on any atom is 0.256 e. The Morgan fingerprint density at radius 2 is 1.91 bits per heavy atom. The third kappa shape index (κ3) is 3.53. The smallest absolute Gasteiger partial charge is 0.256 e. The van der Waals surface area contributed by atoms with Crippen LogP contribution in [0.1, 0.15) is 16.8 Å². The molecule has 2 atom stereocenters. The average Bonchev–Trinajstić information content (AvgIpc) is 3.34. The van der Waals surface area contributed by atoms with E-state index in [9.17, 15) is 4.79 Å². The molecule has 9 nitrogen and oxygen atoms in total. The van der Waals surface area contributed by atoms with Gasteiger partial charge in [-0.15, -0.1) is 0 Å². The van der Waals surface area contributed by atoms with Crippen LogP contribution < -0.4 is 14.5 Å². The minimum atomic E-state index is -0.0137. The van der Waals surface area contributed by atoms with Crippen LogP contribution in [0.4, 0.5) is 11.5 Å². The summed E-state index contributed by atoms with van der Waals surface area (Å²) in [4.78, 5) is 26.0. The van der Waals surface area contributed by atoms with Crippen LogP contribution in [0.5, 0.6) is 5.75 Å². The summed E-state index contributed by atoms with van der Waals surface area (Å²) in [7, 11) is 5.66. The number of piperidine rings is 1. The number of methoxy groups -OCH3 is 1. The molecule has 1 aromatic carbocycles. The second-order valence-electron chi connectivity index (χ2n) is 8.49. The summed E-state index contributed by atoms with van der Waals surface area (Å²) in [6.07, 6.45) is 6.04. The van der Waals surface area contributed by atoms with E-state index in [0.29, 0.717) is 29.5 Å². The van der Waals surface area contributed by atoms with Crippen molar-refractivity contribution in [2.24, 2.45) is 5.92 Å². The van der Waals surface area contributed by atoms with Crippen molar-refractivity contribution in [1.29, 1.82) is 0 Å². The molecule has 0 radical (unpaired) electrons. The number of aromatic nitrogens is 4. The van der Waals surface area contributed by atoms with Crippen molar-refractivity contribution in [2.75, 3.05) is 50.6 Å². The molecule has 166 valence electrons. The van der Waals surface area contributed by atoms with Gasteiger partial charge in [0.1, 0.15) is 17.3 Å². The van der Waals surface area contributed by atoms with Crippen molar-refractivity contribution >= 4 is 17.4 Å². The van der Waals surface area contributed by atoms with Crippen molar-refractivity contribution in [3.05, 3.63) is 54.5 Å². The van der Waals surface area contributed by atoms with Gasteiger partial charge >= 0.3 is 0 Å². The monoisotopic (exact) mass is 433 g/mol. The predicted molar refractivity (Wildman–Crippen MR) is 122 cm³/mol. The largest absolute Gasteiger partial charge is 0.497 e. The maximum absolute atomic E-state index is 13.6. The van der Waals surface area contributed by atoms with Gasteiger partial charge in [0, 0.05) is 63.7 Å². The normalized spacial score (nSPS) is 19.8. The van der Waals surface area contributed by atoms with Crippen LogP contribution in [-0.2, 0) is 0 Å². The number of anilines is 2. The third-order valence-electron chi connectivity index (χ3n) is 6.45. The van der Waals surface area contributed by atoms with Crippen molar-refractivity contribution in [1.82, 2.24) is 24.9 Å². The number of rotatable bonds is 5. The lowest BCUT2D eigenvalue weighted by Gasteiger charge is -2.54. The molecule has 0 unspecified atom stereocenters. The Bertz CT molecular complexity index is 1120. The molecular formula is C23H27N7O2. The van der Waals surface area contributed by atoms with Gasteiger partial charge in [0.15, 0.2) is 0 Å². The summed E-state index contributed by atoms with van der Waals surface area (Å²) in [5.74, 6) is 2.20. The van der Waals surface area contributed by atoms with E-state index < -0.39 is 0 Å². The van der Waals surface area contributed by atoms with Crippen molar-refractivity contribution < 1.29 is 9.53 Å². The van der Waals surface area contributed by atoms with Crippen LogP contribution in [0.2, 0.25) is 0 Å². The Hall–Kier alpha value is -3.62. The molecule has 2 aliphatic rings. The van der Waals surface area contributed by atoms with E-state index in [4.69, 9.17) is 4.74 Å². The summed E-state index contributed by atoms with van der Waals surface area (Å²) in [5, 5.41) is 8.44. The van der Waals surface area contributed by atoms with Gasteiger partial charge in [0.25, 0.3) is 5.91 Å². The van der Waals surface area contributed by atoms with Gasteiger partial charge in [-0.05, 0) is 24.6 Å². The Labute approximate surface area is 187 Å². The molecule has 3 aromatic rings. The van der Waals surface area contributed by atoms with Gasteiger partial charge in [-0.3, -0.25) is 4.79 Å². The highest BCUT2D eigenvalue weighted by Crippen LogP contribution is 2.37. The molecule has 0 N–H and O–H groups in total. The highest BCUT2D eigenvalue weighted by Gasteiger charge is 2.44. The van der Waals surface area contributed by atoms with Gasteiger partial charge in [0.05, 0.1) is 31.1 Å². The number of hydrogen-bond donors (Lipinski definition) is 0. The minimum absolute atomic E-state index is 0.0137. The van der Waals surface area contributed by atoms with E-state index in [2.05, 4.69) is 31.0 Å². The molecule has 2 aromatic heterocycles. The number of pyridine rings is 1. The molecule has 32 heavy (non-hydrogen) atoms. The van der Waals surface area contributed by atoms with Crippen molar-refractivity contribution in [2.45, 2.75) is 12.5 Å². The molecule has 0 bridgehead atoms. The van der Waals surface area contributed by atoms with Gasteiger partial charge in [-0.1, -0.05) is 0 Å². The number of hydrogen-bond acceptors (Lipinski definition) is 7. The third-order valence-corrected chi connectivity index (χ3v) is 6.45. The van der Waals surface area contributed by atoms with E-state index in [1.165, 1.54) is 4.80 Å². The first-order chi connectivity index (χ1) is 15.5. The summed E-state index contributed by atoms with van der Waals surface area (Å²) < 4.78 is 5.35. The van der Waals surface area contributed by atoms with Crippen LogP contribution >= 0.6 is 0 Å². The molecule has 0 aliphatic carbocycles. The van der Waals surface area contributed by atoms with Crippen LogP contribution in [0, 0.1) is 5.92 Å². The zero-order chi connectivity index (χ0) is 22.2. The molecule has 4 heterocycles. The number of ether oxygens (including phenoxy) is 1. The molecule has 0 spiro atoms. The molecular weight excluding hydrogens is 406 g/mol. The number of fused-ring (bicyclic) bond motifs is 1. The lowest BCUT2D eigenvalue weighted by atomic mass is 9.82. The summed E-state index contributed by atoms with van der Waals surface area (Å²) >= 11 is 0. The number of carbonyl (C=O) groups is 1. The fourth-order valence-electron chi connectivity index (χ4n) is 4.58. The number of nitrogens with zero attached hydrogens (tertiary/aromatic N) is 7. The molecule has 9 heteroatoms. The number of likely N-dealkylation sites (tertiary alicyclic amines) is 1. The Morgan fingerprint density at radius 1 is 1.09 bits per heavy atom. The average molecular weight is 434 g/mol. The van der Waals surface area contributed by atoms with E-state index in [1.54, 1.807) is 37.7 Å². The van der Waals surface area contributed by atoms with E-state index in [-0.39, 0.29) is 11.9 Å². The topological polar surface area (TPSA) is 79.6 Å². The summed E-state index contributed by atoms with van der Waals surface area (Å²) in [6.45, 7) is 2.41. The van der Waals surface area contributed by atoms with Crippen LogP contribution in [-0.4, -0.2) is 77.7 Å². The summed E-state index contributed by atoms with van der Waals surface area (Å²) in [5.41, 5.74) is 2.31. The zero-order valence-electron chi connectivity index (χ0n) is 18.5. The number of amides is 1. The lowest BCUT2D eigenvalue weighted by Crippen LogP contribution is -2.65. The SMILES string of the molecule is COc1ccc(C(=O)N2CC[C@H]3CN(c4cc(N(C)C)ccn4)[C@H]3C2)c(-n2nccn2)c1. The molecule has 1 amide bonds. The first-order valence-electron chi connectivity index (χ1n) is 10.8. The molecule has 2 aliphatic heterocycles. The maximum atomic E-state index is 13.6. The molecule has 5 rings (SSSR count). The molecule has 0 saturated carbocycles. The van der Waals surface area contributed by atoms with Gasteiger partial charge in [0.2, 0.25) is 0 Å². The molecule has 2 saturated heterocycles. The number of carbonyl (C=O) groups excluding carboxylic acids is 1. The Balaban J connectivity index is 1.38. The Morgan fingerprint density at radius 3 is 2.66 bits per heavy atom. The standard InChI is InChI=1S/C23H27N7O2/c1-27(2)17-6-8-24-22(12-17)29-14-16-7-11-28(15-21(16)29)23(31)19-5-4-18(32-3)13-20(19)30-25-9-10-26-30/h4-6,8-10,12-13,16,21H,7,11,14-15H2,1-3H3/t16-,21-/m0/s1. The first-order valence-corrected chi connectivity index (χ1v) is 10.8. The quantitative estimate of drug-likeness (QED) is 0.610. The second-order valence-corrected chi connectivity index (χ2v) is 8.49. The predicted octanol–water partition coefficient (Wildman–Crippen LogP) is 2.09. The van der Waals surface area contributed by atoms with Gasteiger partial charge in [-0.25, -0.2) is 4.98 Å². The fraction of sp³-hybridized carbons (Fsp3) is 0.391. The number of benzene rings is 1. The van der Waals surface area contributed by atoms with Crippen molar-refractivity contribution in [3.63, 3.8) is 0 Å². The lowest BCUT2D eigenvalue weighted by molar-refractivity contribution is 0.0591. The molecule has 2 fully saturated rings. The highest BCUT2D eigenvalue weighted by atomic mass is 16.5. The van der Waals surface area contributed by atoms with Crippen molar-refractivity contribution in [3.8, 4) is 11.4 Å². The van der Waals surface area contributed by atoms with Crippen LogP contribution in [0.15, 0.2) is 48.9 Å². The highest BCUT2D eigenvalue weighted by molar-refractivity contribution is 5.98. The van der Waals surface area contributed by atoms with E-state index in [1.807, 2.05) is 31.3 Å². The van der Waals surface area contributed by atoms with E-state index >= 15 is 0 Å². The van der Waals surface area contributed by atoms with Gasteiger partial charge in [-0.2, -0.15) is 15.0 Å². The fourth-order valence-corrected chi connectivity index (χ4v) is 4.58. The second kappa shape index (κ2) is 8.14. The zero-order valence-corrected chi connectivity index (χ0v) is 18.5. The Kier molecular flexibility index (Phi) is 5.16.